The minimum Gasteiger partial charge on any atom is -0.457 e. The van der Waals surface area contributed by atoms with Gasteiger partial charge in [-0.05, 0) is 51.4 Å². The van der Waals surface area contributed by atoms with Gasteiger partial charge in [0.2, 0.25) is 0 Å². The Balaban J connectivity index is 4.20. The molecule has 1 N–H and O–H groups in total. The van der Waals surface area contributed by atoms with Crippen LogP contribution >= 0.6 is 7.82 Å². The van der Waals surface area contributed by atoms with Crippen LogP contribution in [0, 0.1) is 0 Å². The number of likely N-dealkylation sites (N-methyl/N-ethyl adjacent to an activating group) is 1. The van der Waals surface area contributed by atoms with E-state index in [1.165, 1.54) is 96.3 Å². The summed E-state index contributed by atoms with van der Waals surface area (Å²) in [6.07, 6.45) is 47.1. The quantitative estimate of drug-likeness (QED) is 0.0217. The lowest BCUT2D eigenvalue weighted by atomic mass is 10.1. The summed E-state index contributed by atoms with van der Waals surface area (Å²) in [5.74, 6) is -0.322. The highest BCUT2D eigenvalue weighted by Gasteiger charge is 2.26. The number of hydrogen-bond donors (Lipinski definition) is 1. The van der Waals surface area contributed by atoms with E-state index in [9.17, 15) is 14.3 Å². The number of hydrogen-bond acceptors (Lipinski definition) is 6. The van der Waals surface area contributed by atoms with Crippen molar-refractivity contribution in [1.82, 2.24) is 0 Å². The third-order valence-electron chi connectivity index (χ3n) is 9.40. The van der Waals surface area contributed by atoms with Gasteiger partial charge in [-0.25, -0.2) is 4.57 Å². The van der Waals surface area contributed by atoms with Crippen molar-refractivity contribution in [1.29, 1.82) is 0 Å². The van der Waals surface area contributed by atoms with Crippen LogP contribution in [-0.4, -0.2) is 75.6 Å². The molecule has 0 aliphatic rings. The number of quaternary nitrogens is 1. The van der Waals surface area contributed by atoms with Crippen LogP contribution < -0.4 is 0 Å². The highest BCUT2D eigenvalue weighted by Crippen LogP contribution is 2.43. The Morgan fingerprint density at radius 1 is 0.582 bits per heavy atom. The van der Waals surface area contributed by atoms with E-state index in [0.29, 0.717) is 24.1 Å². The average Bonchev–Trinajstić information content (AvgIpc) is 3.13. The fourth-order valence-corrected chi connectivity index (χ4v) is 6.70. The summed E-state index contributed by atoms with van der Waals surface area (Å²) < 4.78 is 35.0. The zero-order valence-corrected chi connectivity index (χ0v) is 37.3. The van der Waals surface area contributed by atoms with Gasteiger partial charge in [0.05, 0.1) is 34.4 Å². The van der Waals surface area contributed by atoms with Crippen LogP contribution in [0.1, 0.15) is 181 Å². The fraction of sp³-hybridized carbons (Fsp3) is 0.804. The number of rotatable bonds is 41. The molecule has 0 radical (unpaired) electrons. The van der Waals surface area contributed by atoms with E-state index in [1.54, 1.807) is 0 Å². The molecule has 2 unspecified atom stereocenters. The molecule has 0 rings (SSSR count). The topological polar surface area (TPSA) is 91.3 Å². The Labute approximate surface area is 339 Å². The first kappa shape index (κ1) is 53.5. The Hall–Kier alpha value is -1.54. The van der Waals surface area contributed by atoms with Crippen LogP contribution in [0.3, 0.4) is 0 Å². The number of carbonyl (C=O) groups excluding carboxylic acids is 1. The number of carbonyl (C=O) groups is 1. The zero-order chi connectivity index (χ0) is 40.6. The molecule has 0 aromatic heterocycles. The van der Waals surface area contributed by atoms with Crippen molar-refractivity contribution in [3.8, 4) is 0 Å². The highest BCUT2D eigenvalue weighted by atomic mass is 31.2. The van der Waals surface area contributed by atoms with Gasteiger partial charge in [0.15, 0.2) is 0 Å². The highest BCUT2D eigenvalue weighted by molar-refractivity contribution is 7.47. The lowest BCUT2D eigenvalue weighted by Crippen LogP contribution is -2.37. The standard InChI is InChI=1S/C46H86NO7P/c1-6-8-10-12-14-16-18-20-21-22-23-24-25-26-27-28-29-31-33-35-37-39-46(48)54-45(44-53-55(49,50)52-42-40-47(3,4)5)43-51-41-38-36-34-32-30-19-17-15-13-11-9-7-2/h8,10,14,16,20-21,23-24,45H,6-7,9,11-13,15,17-19,22,25-44H2,1-5H3/p+1/b10-8-,16-14-,21-20-,24-23-. The largest absolute Gasteiger partial charge is 0.472 e. The Kier molecular flexibility index (Phi) is 38.2. The minimum atomic E-state index is -4.27. The van der Waals surface area contributed by atoms with Gasteiger partial charge in [0.25, 0.3) is 0 Å². The first-order chi connectivity index (χ1) is 26.6. The van der Waals surface area contributed by atoms with Gasteiger partial charge in [0.1, 0.15) is 19.3 Å². The van der Waals surface area contributed by atoms with Crippen LogP contribution in [0.15, 0.2) is 48.6 Å². The van der Waals surface area contributed by atoms with E-state index in [0.717, 1.165) is 64.2 Å². The first-order valence-corrected chi connectivity index (χ1v) is 23.9. The molecule has 0 aliphatic heterocycles. The predicted octanol–water partition coefficient (Wildman–Crippen LogP) is 13.2. The molecule has 0 fully saturated rings. The number of nitrogens with zero attached hydrogens (tertiary/aromatic N) is 1. The lowest BCUT2D eigenvalue weighted by Gasteiger charge is -2.24. The molecule has 0 bridgehead atoms. The number of unbranched alkanes of at least 4 members (excludes halogenated alkanes) is 19. The van der Waals surface area contributed by atoms with Gasteiger partial charge in [0, 0.05) is 13.0 Å². The van der Waals surface area contributed by atoms with Gasteiger partial charge in [-0.3, -0.25) is 13.8 Å². The van der Waals surface area contributed by atoms with E-state index in [-0.39, 0.29) is 25.8 Å². The summed E-state index contributed by atoms with van der Waals surface area (Å²) in [4.78, 5) is 22.9. The van der Waals surface area contributed by atoms with Crippen LogP contribution in [0.4, 0.5) is 0 Å². The van der Waals surface area contributed by atoms with E-state index in [4.69, 9.17) is 18.5 Å². The van der Waals surface area contributed by atoms with Crippen molar-refractivity contribution in [3.05, 3.63) is 48.6 Å². The molecular weight excluding hydrogens is 709 g/mol. The van der Waals surface area contributed by atoms with Gasteiger partial charge in [-0.2, -0.15) is 0 Å². The zero-order valence-electron chi connectivity index (χ0n) is 36.4. The maximum Gasteiger partial charge on any atom is 0.472 e. The monoisotopic (exact) mass is 797 g/mol. The summed E-state index contributed by atoms with van der Waals surface area (Å²) in [6, 6.07) is 0. The maximum absolute atomic E-state index is 12.7. The third kappa shape index (κ3) is 43.4. The fourth-order valence-electron chi connectivity index (χ4n) is 5.96. The van der Waals surface area contributed by atoms with Crippen molar-refractivity contribution in [2.45, 2.75) is 187 Å². The number of phosphoric ester groups is 1. The Morgan fingerprint density at radius 3 is 1.58 bits per heavy atom. The van der Waals surface area contributed by atoms with E-state index >= 15 is 0 Å². The second kappa shape index (κ2) is 39.3. The number of allylic oxidation sites excluding steroid dienone is 8. The van der Waals surface area contributed by atoms with Gasteiger partial charge < -0.3 is 18.9 Å². The molecule has 2 atom stereocenters. The van der Waals surface area contributed by atoms with Crippen molar-refractivity contribution >= 4 is 13.8 Å². The normalized spacial score (nSPS) is 14.2. The number of ether oxygens (including phenoxy) is 2. The molecule has 8 nitrogen and oxygen atoms in total. The molecule has 322 valence electrons. The molecular formula is C46H87NO7P+. The third-order valence-corrected chi connectivity index (χ3v) is 10.4. The molecule has 0 heterocycles. The number of esters is 1. The van der Waals surface area contributed by atoms with Gasteiger partial charge in [-0.1, -0.05) is 172 Å². The molecule has 0 aliphatic carbocycles. The van der Waals surface area contributed by atoms with Crippen LogP contribution in [0.25, 0.3) is 0 Å². The van der Waals surface area contributed by atoms with Gasteiger partial charge in [-0.15, -0.1) is 0 Å². The van der Waals surface area contributed by atoms with Crippen molar-refractivity contribution in [2.75, 3.05) is 54.1 Å². The second-order valence-electron chi connectivity index (χ2n) is 16.1. The minimum absolute atomic E-state index is 0.0865. The van der Waals surface area contributed by atoms with E-state index in [1.807, 2.05) is 21.1 Å². The summed E-state index contributed by atoms with van der Waals surface area (Å²) in [6.45, 7) is 5.51. The van der Waals surface area contributed by atoms with Crippen LogP contribution in [0.5, 0.6) is 0 Å². The van der Waals surface area contributed by atoms with Crippen LogP contribution in [-0.2, 0) is 27.9 Å². The molecule has 9 heteroatoms. The Morgan fingerprint density at radius 2 is 1.05 bits per heavy atom. The average molecular weight is 797 g/mol. The first-order valence-electron chi connectivity index (χ1n) is 22.4. The predicted molar refractivity (Wildman–Crippen MR) is 233 cm³/mol. The molecule has 0 spiro atoms. The smallest absolute Gasteiger partial charge is 0.457 e. The van der Waals surface area contributed by atoms with Crippen molar-refractivity contribution in [3.63, 3.8) is 0 Å². The summed E-state index contributed by atoms with van der Waals surface area (Å²) >= 11 is 0. The van der Waals surface area contributed by atoms with E-state index in [2.05, 4.69) is 62.5 Å². The molecule has 0 saturated carbocycles. The molecule has 0 aromatic carbocycles. The SMILES string of the molecule is CC/C=C\C/C=C\C/C=C\C/C=C\CCCCCCCCCCC(=O)OC(COCCCCCCCCCCCCCC)COP(=O)(O)OCC[N+](C)(C)C. The molecule has 0 saturated heterocycles. The summed E-state index contributed by atoms with van der Waals surface area (Å²) in [7, 11) is 1.66. The van der Waals surface area contributed by atoms with Crippen molar-refractivity contribution < 1.29 is 37.3 Å². The molecule has 55 heavy (non-hydrogen) atoms. The molecule has 0 amide bonds. The summed E-state index contributed by atoms with van der Waals surface area (Å²) in [5.41, 5.74) is 0. The van der Waals surface area contributed by atoms with Crippen molar-refractivity contribution in [2.24, 2.45) is 0 Å². The number of phosphoric acid groups is 1. The summed E-state index contributed by atoms with van der Waals surface area (Å²) in [5, 5.41) is 0. The van der Waals surface area contributed by atoms with E-state index < -0.39 is 13.9 Å². The van der Waals surface area contributed by atoms with Crippen LogP contribution in [0.2, 0.25) is 0 Å². The lowest BCUT2D eigenvalue weighted by molar-refractivity contribution is -0.870. The molecule has 0 aromatic rings. The maximum atomic E-state index is 12.7. The van der Waals surface area contributed by atoms with Gasteiger partial charge >= 0.3 is 13.8 Å². The Bertz CT molecular complexity index is 1020. The second-order valence-corrected chi connectivity index (χ2v) is 17.5.